The van der Waals surface area contributed by atoms with Crippen molar-refractivity contribution in [3.63, 3.8) is 0 Å². The number of nitrogens with zero attached hydrogens (tertiary/aromatic N) is 3. The highest BCUT2D eigenvalue weighted by Crippen LogP contribution is 1.91. The molecule has 4 heteroatoms. The highest BCUT2D eigenvalue weighted by molar-refractivity contribution is 5.91. The van der Waals surface area contributed by atoms with Crippen molar-refractivity contribution in [2.45, 2.75) is 0 Å². The first kappa shape index (κ1) is 4.55. The number of hydrazone groups is 1. The molecule has 2 aliphatic heterocycles. The molecule has 0 unspecified atom stereocenters. The van der Waals surface area contributed by atoms with Gasteiger partial charge in [0.15, 0.2) is 0 Å². The molecule has 0 aromatic carbocycles. The predicted molar refractivity (Wildman–Crippen MR) is 33.0 cm³/mol. The Hall–Kier alpha value is -1.32. The fourth-order valence-electron chi connectivity index (χ4n) is 0.799. The average molecular weight is 122 g/mol. The maximum Gasteiger partial charge on any atom is 0.344 e. The molecule has 4 nitrogen and oxygen atoms in total. The van der Waals surface area contributed by atoms with Crippen LogP contribution in [0.2, 0.25) is 0 Å². The Bertz CT molecular complexity index is 213. The van der Waals surface area contributed by atoms with E-state index in [0.29, 0.717) is 0 Å². The number of nitrogens with one attached hydrogen (secondary N) is 1. The van der Waals surface area contributed by atoms with Crippen molar-refractivity contribution < 1.29 is 4.68 Å². The van der Waals surface area contributed by atoms with Crippen molar-refractivity contribution in [3.05, 3.63) is 12.4 Å². The lowest BCUT2D eigenvalue weighted by atomic mass is 10.5. The summed E-state index contributed by atoms with van der Waals surface area (Å²) < 4.78 is 1.75. The number of hydrogen-bond donors (Lipinski definition) is 1. The molecule has 0 saturated heterocycles. The highest BCUT2D eigenvalue weighted by atomic mass is 15.5. The summed E-state index contributed by atoms with van der Waals surface area (Å²) in [5.74, 6) is 0.956. The molecule has 0 saturated carbocycles. The monoisotopic (exact) mass is 122 g/mol. The zero-order chi connectivity index (χ0) is 6.10. The summed E-state index contributed by atoms with van der Waals surface area (Å²) in [5.41, 5.74) is 0. The van der Waals surface area contributed by atoms with E-state index < -0.39 is 0 Å². The van der Waals surface area contributed by atoms with E-state index >= 15 is 0 Å². The summed E-state index contributed by atoms with van der Waals surface area (Å²) in [6.45, 7) is 0.774. The largest absolute Gasteiger partial charge is 0.377 e. The van der Waals surface area contributed by atoms with Crippen LogP contribution in [0.5, 0.6) is 0 Å². The standard InChI is InChI=1S/C5H6N4/c1-2-9-5(3-6-1)7-4-8-9/h1-2,4,6H,3H2/q+1. The third-order valence-electron chi connectivity index (χ3n) is 1.24. The molecule has 1 radical (unpaired) electrons. The van der Waals surface area contributed by atoms with Crippen LogP contribution in [0.3, 0.4) is 0 Å². The van der Waals surface area contributed by atoms with Crippen LogP contribution in [0.25, 0.3) is 0 Å². The molecule has 1 N–H and O–H groups in total. The van der Waals surface area contributed by atoms with Gasteiger partial charge in [-0.15, -0.1) is 0 Å². The van der Waals surface area contributed by atoms with Crippen LogP contribution in [-0.2, 0) is 0 Å². The van der Waals surface area contributed by atoms with Crippen LogP contribution < -0.4 is 10.6 Å². The van der Waals surface area contributed by atoms with Crippen molar-refractivity contribution in [2.75, 3.05) is 6.54 Å². The lowest BCUT2D eigenvalue weighted by Crippen LogP contribution is -2.31. The second-order valence-corrected chi connectivity index (χ2v) is 1.82. The van der Waals surface area contributed by atoms with Crippen molar-refractivity contribution in [1.82, 2.24) is 10.6 Å². The minimum absolute atomic E-state index is 0.774. The van der Waals surface area contributed by atoms with E-state index in [1.165, 1.54) is 0 Å². The smallest absolute Gasteiger partial charge is 0.344 e. The van der Waals surface area contributed by atoms with E-state index in [1.54, 1.807) is 11.0 Å². The van der Waals surface area contributed by atoms with Gasteiger partial charge in [-0.25, -0.2) is 0 Å². The Balaban J connectivity index is 2.35. The van der Waals surface area contributed by atoms with Crippen LogP contribution in [0.15, 0.2) is 17.5 Å². The lowest BCUT2D eigenvalue weighted by molar-refractivity contribution is -0.461. The van der Waals surface area contributed by atoms with Gasteiger partial charge in [-0.1, -0.05) is 4.68 Å². The molecule has 0 aromatic heterocycles. The van der Waals surface area contributed by atoms with E-state index in [0.717, 1.165) is 12.4 Å². The second kappa shape index (κ2) is 1.58. The molecule has 0 amide bonds. The molecule has 45 valence electrons. The van der Waals surface area contributed by atoms with Crippen molar-refractivity contribution in [1.29, 1.82) is 0 Å². The zero-order valence-electron chi connectivity index (χ0n) is 4.78. The molecule has 9 heavy (non-hydrogen) atoms. The van der Waals surface area contributed by atoms with Gasteiger partial charge in [0.05, 0.1) is 0 Å². The molecule has 0 spiro atoms. The number of rotatable bonds is 0. The van der Waals surface area contributed by atoms with E-state index in [1.807, 2.05) is 12.4 Å². The molecule has 2 rings (SSSR count). The molecule has 2 heterocycles. The predicted octanol–water partition coefficient (Wildman–Crippen LogP) is -0.967. The summed E-state index contributed by atoms with van der Waals surface area (Å²) in [6.07, 6.45) is 5.24. The second-order valence-electron chi connectivity index (χ2n) is 1.82. The number of amidine groups is 1. The van der Waals surface area contributed by atoms with E-state index in [2.05, 4.69) is 15.7 Å². The van der Waals surface area contributed by atoms with Gasteiger partial charge in [0.1, 0.15) is 12.7 Å². The van der Waals surface area contributed by atoms with Gasteiger partial charge in [0.2, 0.25) is 0 Å². The molecule has 0 aromatic rings. The maximum absolute atomic E-state index is 3.99. The van der Waals surface area contributed by atoms with Crippen LogP contribution in [0, 0.1) is 0 Å². The van der Waals surface area contributed by atoms with Gasteiger partial charge in [0.25, 0.3) is 6.34 Å². The van der Waals surface area contributed by atoms with Crippen LogP contribution in [0.4, 0.5) is 0 Å². The summed E-state index contributed by atoms with van der Waals surface area (Å²) in [4.78, 5) is 0. The quantitative estimate of drug-likeness (QED) is 0.413. The van der Waals surface area contributed by atoms with Gasteiger partial charge in [-0.3, -0.25) is 0 Å². The van der Waals surface area contributed by atoms with Gasteiger partial charge < -0.3 is 5.32 Å². The maximum atomic E-state index is 3.99. The van der Waals surface area contributed by atoms with E-state index in [-0.39, 0.29) is 0 Å². The Morgan fingerprint density at radius 1 is 1.67 bits per heavy atom. The average Bonchev–Trinajstić information content (AvgIpc) is 2.33. The number of hydrogen-bond acceptors (Lipinski definition) is 2. The van der Waals surface area contributed by atoms with E-state index in [9.17, 15) is 0 Å². The normalized spacial score (nSPS) is 21.3. The molecular formula is C5H6N4+. The summed E-state index contributed by atoms with van der Waals surface area (Å²) >= 11 is 0. The van der Waals surface area contributed by atoms with Crippen LogP contribution in [-0.4, -0.2) is 23.4 Å². The Morgan fingerprint density at radius 3 is 3.56 bits per heavy atom. The van der Waals surface area contributed by atoms with Gasteiger partial charge in [-0.05, 0) is 10.4 Å². The van der Waals surface area contributed by atoms with Crippen LogP contribution in [0.1, 0.15) is 0 Å². The lowest BCUT2D eigenvalue weighted by Gasteiger charge is -1.98. The minimum Gasteiger partial charge on any atom is -0.377 e. The van der Waals surface area contributed by atoms with Crippen molar-refractivity contribution >= 4 is 12.2 Å². The third kappa shape index (κ3) is 0.595. The third-order valence-corrected chi connectivity index (χ3v) is 1.24. The topological polar surface area (TPSA) is 41.5 Å². The molecule has 2 aliphatic rings. The Morgan fingerprint density at radius 2 is 2.67 bits per heavy atom. The van der Waals surface area contributed by atoms with Gasteiger partial charge in [0, 0.05) is 6.20 Å². The van der Waals surface area contributed by atoms with E-state index in [4.69, 9.17) is 0 Å². The summed E-state index contributed by atoms with van der Waals surface area (Å²) in [5, 5.41) is 11.0. The van der Waals surface area contributed by atoms with Crippen molar-refractivity contribution in [2.24, 2.45) is 5.10 Å². The first-order valence-corrected chi connectivity index (χ1v) is 2.75. The Labute approximate surface area is 52.6 Å². The van der Waals surface area contributed by atoms with Crippen LogP contribution >= 0.6 is 0 Å². The molecule has 0 bridgehead atoms. The molecular weight excluding hydrogens is 116 g/mol. The highest BCUT2D eigenvalue weighted by Gasteiger charge is 2.21. The summed E-state index contributed by atoms with van der Waals surface area (Å²) in [6, 6.07) is 0. The summed E-state index contributed by atoms with van der Waals surface area (Å²) in [7, 11) is 0. The SMILES string of the molecule is C1=C[N+]2=C(CN1)[N]C=N2. The molecule has 0 aliphatic carbocycles. The molecule has 0 fully saturated rings. The Kier molecular flexibility index (Phi) is 0.798. The minimum atomic E-state index is 0.774. The first-order chi connectivity index (χ1) is 4.47. The zero-order valence-corrected chi connectivity index (χ0v) is 4.78. The van der Waals surface area contributed by atoms with Crippen molar-refractivity contribution in [3.8, 4) is 0 Å². The molecule has 0 atom stereocenters. The fourth-order valence-corrected chi connectivity index (χ4v) is 0.799. The van der Waals surface area contributed by atoms with Gasteiger partial charge in [-0.2, -0.15) is 0 Å². The first-order valence-electron chi connectivity index (χ1n) is 2.75. The van der Waals surface area contributed by atoms with Gasteiger partial charge >= 0.3 is 5.84 Å². The fraction of sp³-hybridized carbons (Fsp3) is 0.200.